The molecule has 1 fully saturated rings. The van der Waals surface area contributed by atoms with Gasteiger partial charge in [-0.1, -0.05) is 11.3 Å². The predicted octanol–water partition coefficient (Wildman–Crippen LogP) is 2.28. The van der Waals surface area contributed by atoms with Crippen molar-refractivity contribution >= 4 is 42.4 Å². The highest BCUT2D eigenvalue weighted by atomic mass is 32.2. The van der Waals surface area contributed by atoms with Crippen molar-refractivity contribution in [3.8, 4) is 0 Å². The molecule has 8 nitrogen and oxygen atoms in total. The molecule has 1 aliphatic rings. The van der Waals surface area contributed by atoms with Crippen LogP contribution in [-0.4, -0.2) is 49.5 Å². The standard InChI is InChI=1S/C17H21N5O3S2/c1-11-16(12(2)21(3)19-11)27(23,24)20-13-4-5-14-15(10-13)26-17(18-14)22-6-8-25-9-7-22/h4-5,10,20H,6-9H2,1-3H3. The molecule has 1 N–H and O–H groups in total. The second kappa shape index (κ2) is 6.77. The molecule has 0 spiro atoms. The number of hydrogen-bond acceptors (Lipinski definition) is 7. The first kappa shape index (κ1) is 18.2. The van der Waals surface area contributed by atoms with Crippen LogP contribution < -0.4 is 9.62 Å². The first-order chi connectivity index (χ1) is 12.8. The summed E-state index contributed by atoms with van der Waals surface area (Å²) in [6, 6.07) is 5.41. The maximum Gasteiger partial charge on any atom is 0.265 e. The maximum atomic E-state index is 12.8. The highest BCUT2D eigenvalue weighted by Gasteiger charge is 2.24. The lowest BCUT2D eigenvalue weighted by Crippen LogP contribution is -2.36. The van der Waals surface area contributed by atoms with E-state index in [1.54, 1.807) is 43.0 Å². The fraction of sp³-hybridized carbons (Fsp3) is 0.412. The third kappa shape index (κ3) is 3.40. The molecule has 0 amide bonds. The van der Waals surface area contributed by atoms with Gasteiger partial charge in [-0.25, -0.2) is 13.4 Å². The van der Waals surface area contributed by atoms with Crippen LogP contribution in [-0.2, 0) is 21.8 Å². The molecule has 0 atom stereocenters. The molecule has 4 rings (SSSR count). The number of nitrogens with one attached hydrogen (secondary N) is 1. The van der Waals surface area contributed by atoms with Crippen LogP contribution >= 0.6 is 11.3 Å². The number of aromatic nitrogens is 3. The summed E-state index contributed by atoms with van der Waals surface area (Å²) in [6.45, 7) is 6.48. The molecular weight excluding hydrogens is 386 g/mol. The number of morpholine rings is 1. The fourth-order valence-electron chi connectivity index (χ4n) is 3.22. The Morgan fingerprint density at radius 1 is 1.22 bits per heavy atom. The van der Waals surface area contributed by atoms with E-state index in [0.717, 1.165) is 28.4 Å². The molecule has 2 aromatic heterocycles. The Morgan fingerprint density at radius 3 is 2.63 bits per heavy atom. The van der Waals surface area contributed by atoms with Gasteiger partial charge in [-0.2, -0.15) is 5.10 Å². The van der Waals surface area contributed by atoms with Crippen molar-refractivity contribution < 1.29 is 13.2 Å². The molecule has 0 radical (unpaired) electrons. The van der Waals surface area contributed by atoms with Gasteiger partial charge < -0.3 is 9.64 Å². The van der Waals surface area contributed by atoms with Crippen molar-refractivity contribution in [2.75, 3.05) is 35.9 Å². The Labute approximate surface area is 161 Å². The van der Waals surface area contributed by atoms with E-state index in [4.69, 9.17) is 4.74 Å². The first-order valence-corrected chi connectivity index (χ1v) is 10.9. The van der Waals surface area contributed by atoms with E-state index in [-0.39, 0.29) is 4.90 Å². The van der Waals surface area contributed by atoms with Crippen molar-refractivity contribution in [3.05, 3.63) is 29.6 Å². The fourth-order valence-corrected chi connectivity index (χ4v) is 5.76. The predicted molar refractivity (Wildman–Crippen MR) is 106 cm³/mol. The van der Waals surface area contributed by atoms with Crippen LogP contribution in [0.3, 0.4) is 0 Å². The van der Waals surface area contributed by atoms with Crippen molar-refractivity contribution in [3.63, 3.8) is 0 Å². The van der Waals surface area contributed by atoms with Crippen LogP contribution in [0, 0.1) is 13.8 Å². The molecule has 0 unspecified atom stereocenters. The maximum absolute atomic E-state index is 12.8. The van der Waals surface area contributed by atoms with Gasteiger partial charge in [-0.3, -0.25) is 9.40 Å². The van der Waals surface area contributed by atoms with Gasteiger partial charge >= 0.3 is 0 Å². The lowest BCUT2D eigenvalue weighted by molar-refractivity contribution is 0.122. The van der Waals surface area contributed by atoms with Crippen molar-refractivity contribution in [2.24, 2.45) is 7.05 Å². The molecule has 1 saturated heterocycles. The highest BCUT2D eigenvalue weighted by molar-refractivity contribution is 7.92. The first-order valence-electron chi connectivity index (χ1n) is 8.61. The number of nitrogens with zero attached hydrogens (tertiary/aromatic N) is 4. The van der Waals surface area contributed by atoms with Crippen LogP contribution in [0.5, 0.6) is 0 Å². The van der Waals surface area contributed by atoms with E-state index in [0.29, 0.717) is 30.3 Å². The number of benzene rings is 1. The zero-order valence-electron chi connectivity index (χ0n) is 15.4. The summed E-state index contributed by atoms with van der Waals surface area (Å²) >= 11 is 1.56. The third-order valence-electron chi connectivity index (χ3n) is 4.62. The number of rotatable bonds is 4. The molecule has 1 aliphatic heterocycles. The number of thiazole rings is 1. The molecule has 0 bridgehead atoms. The summed E-state index contributed by atoms with van der Waals surface area (Å²) in [5.41, 5.74) is 2.46. The normalized spacial score (nSPS) is 15.4. The molecule has 3 aromatic rings. The Kier molecular flexibility index (Phi) is 4.57. The van der Waals surface area contributed by atoms with Gasteiger partial charge in [0.2, 0.25) is 0 Å². The molecule has 27 heavy (non-hydrogen) atoms. The summed E-state index contributed by atoms with van der Waals surface area (Å²) in [5.74, 6) is 0. The lowest BCUT2D eigenvalue weighted by Gasteiger charge is -2.25. The summed E-state index contributed by atoms with van der Waals surface area (Å²) in [6.07, 6.45) is 0. The van der Waals surface area contributed by atoms with E-state index in [1.807, 2.05) is 12.1 Å². The number of fused-ring (bicyclic) bond motifs is 1. The van der Waals surface area contributed by atoms with Crippen molar-refractivity contribution in [1.82, 2.24) is 14.8 Å². The molecule has 1 aromatic carbocycles. The molecule has 144 valence electrons. The minimum absolute atomic E-state index is 0.225. The Hall–Kier alpha value is -2.17. The van der Waals surface area contributed by atoms with Crippen LogP contribution in [0.1, 0.15) is 11.4 Å². The van der Waals surface area contributed by atoms with Crippen LogP contribution in [0.2, 0.25) is 0 Å². The Bertz CT molecular complexity index is 1100. The highest BCUT2D eigenvalue weighted by Crippen LogP contribution is 2.32. The second-order valence-corrected chi connectivity index (χ2v) is 9.14. The van der Waals surface area contributed by atoms with Gasteiger partial charge in [0, 0.05) is 20.1 Å². The van der Waals surface area contributed by atoms with E-state index in [1.165, 1.54) is 0 Å². The molecule has 10 heteroatoms. The molecular formula is C17H21N5O3S2. The Morgan fingerprint density at radius 2 is 1.96 bits per heavy atom. The number of hydrogen-bond donors (Lipinski definition) is 1. The third-order valence-corrected chi connectivity index (χ3v) is 7.33. The molecule has 0 aliphatic carbocycles. The second-order valence-electron chi connectivity index (χ2n) is 6.51. The van der Waals surface area contributed by atoms with E-state index < -0.39 is 10.0 Å². The van der Waals surface area contributed by atoms with Crippen molar-refractivity contribution in [2.45, 2.75) is 18.7 Å². The number of anilines is 2. The zero-order chi connectivity index (χ0) is 19.2. The summed E-state index contributed by atoms with van der Waals surface area (Å²) < 4.78 is 36.3. The minimum atomic E-state index is -3.71. The monoisotopic (exact) mass is 407 g/mol. The van der Waals surface area contributed by atoms with E-state index in [9.17, 15) is 8.42 Å². The van der Waals surface area contributed by atoms with Gasteiger partial charge in [0.05, 0.1) is 40.5 Å². The van der Waals surface area contributed by atoms with Gasteiger partial charge in [-0.15, -0.1) is 0 Å². The topological polar surface area (TPSA) is 89.3 Å². The number of ether oxygens (including phenoxy) is 1. The van der Waals surface area contributed by atoms with Gasteiger partial charge in [-0.05, 0) is 32.0 Å². The number of aryl methyl sites for hydroxylation is 2. The van der Waals surface area contributed by atoms with Gasteiger partial charge in [0.25, 0.3) is 10.0 Å². The molecule has 0 saturated carbocycles. The van der Waals surface area contributed by atoms with E-state index in [2.05, 4.69) is 19.7 Å². The lowest BCUT2D eigenvalue weighted by atomic mass is 10.3. The largest absolute Gasteiger partial charge is 0.378 e. The van der Waals surface area contributed by atoms with Crippen LogP contribution in [0.25, 0.3) is 10.2 Å². The van der Waals surface area contributed by atoms with Crippen LogP contribution in [0.4, 0.5) is 10.8 Å². The Balaban J connectivity index is 1.64. The SMILES string of the molecule is Cc1nn(C)c(C)c1S(=O)(=O)Nc1ccc2nc(N3CCOCC3)sc2c1. The summed E-state index contributed by atoms with van der Waals surface area (Å²) in [4.78, 5) is 7.08. The average molecular weight is 408 g/mol. The smallest absolute Gasteiger partial charge is 0.265 e. The summed E-state index contributed by atoms with van der Waals surface area (Å²) in [5, 5.41) is 5.13. The zero-order valence-corrected chi connectivity index (χ0v) is 17.0. The number of sulfonamides is 1. The average Bonchev–Trinajstić information content (AvgIpc) is 3.15. The summed E-state index contributed by atoms with van der Waals surface area (Å²) in [7, 11) is -1.98. The van der Waals surface area contributed by atoms with Gasteiger partial charge in [0.15, 0.2) is 5.13 Å². The minimum Gasteiger partial charge on any atom is -0.378 e. The van der Waals surface area contributed by atoms with Gasteiger partial charge in [0.1, 0.15) is 4.90 Å². The molecule has 3 heterocycles. The van der Waals surface area contributed by atoms with Crippen LogP contribution in [0.15, 0.2) is 23.1 Å². The van der Waals surface area contributed by atoms with Crippen molar-refractivity contribution in [1.29, 1.82) is 0 Å². The quantitative estimate of drug-likeness (QED) is 0.714. The van der Waals surface area contributed by atoms with E-state index >= 15 is 0 Å².